The number of carbonyl (C=O) groups excluding carboxylic acids is 1. The number of carbonyl (C=O) groups is 1. The van der Waals surface area contributed by atoms with Gasteiger partial charge in [-0.1, -0.05) is 30.3 Å². The van der Waals surface area contributed by atoms with Crippen molar-refractivity contribution in [1.82, 2.24) is 10.6 Å². The normalized spacial score (nSPS) is 25.4. The first kappa shape index (κ1) is 8.77. The third kappa shape index (κ3) is 1.47. The lowest BCUT2D eigenvalue weighted by Gasteiger charge is -2.31. The molecule has 1 aliphatic rings. The summed E-state index contributed by atoms with van der Waals surface area (Å²) >= 11 is 0. The molecule has 4 heteroatoms. The molecular weight excluding hydrogens is 180 g/mol. The predicted molar refractivity (Wildman–Crippen MR) is 50.8 cm³/mol. The van der Waals surface area contributed by atoms with Crippen molar-refractivity contribution in [2.24, 2.45) is 0 Å². The van der Waals surface area contributed by atoms with Crippen LogP contribution in [-0.2, 0) is 10.6 Å². The summed E-state index contributed by atoms with van der Waals surface area (Å²) in [5, 5.41) is 15.1. The SMILES string of the molecule is O=C1C=CN[C@@](O)(c2ccccc2)N1. The van der Waals surface area contributed by atoms with Gasteiger partial charge in [0.15, 0.2) is 0 Å². The number of aliphatic hydroxyl groups is 1. The van der Waals surface area contributed by atoms with E-state index in [-0.39, 0.29) is 5.91 Å². The van der Waals surface area contributed by atoms with Crippen LogP contribution in [-0.4, -0.2) is 11.0 Å². The second kappa shape index (κ2) is 3.16. The van der Waals surface area contributed by atoms with E-state index < -0.39 is 5.85 Å². The van der Waals surface area contributed by atoms with Gasteiger partial charge >= 0.3 is 0 Å². The number of hydrogen-bond donors (Lipinski definition) is 3. The molecule has 1 aromatic rings. The number of nitrogens with one attached hydrogen (secondary N) is 2. The summed E-state index contributed by atoms with van der Waals surface area (Å²) < 4.78 is 0. The van der Waals surface area contributed by atoms with Gasteiger partial charge in [-0.15, -0.1) is 0 Å². The van der Waals surface area contributed by atoms with Crippen LogP contribution in [0.4, 0.5) is 0 Å². The molecule has 0 aromatic heterocycles. The smallest absolute Gasteiger partial charge is 0.249 e. The molecule has 0 radical (unpaired) electrons. The quantitative estimate of drug-likeness (QED) is 0.585. The van der Waals surface area contributed by atoms with Crippen LogP contribution in [0, 0.1) is 0 Å². The summed E-state index contributed by atoms with van der Waals surface area (Å²) in [7, 11) is 0. The zero-order valence-corrected chi connectivity index (χ0v) is 7.40. The Kier molecular flexibility index (Phi) is 1.98. The summed E-state index contributed by atoms with van der Waals surface area (Å²) in [6.45, 7) is 0. The molecule has 0 fully saturated rings. The molecule has 72 valence electrons. The van der Waals surface area contributed by atoms with E-state index in [2.05, 4.69) is 10.6 Å². The fourth-order valence-corrected chi connectivity index (χ4v) is 1.33. The Balaban J connectivity index is 2.34. The van der Waals surface area contributed by atoms with Crippen molar-refractivity contribution in [3.05, 3.63) is 48.2 Å². The second-order valence-electron chi connectivity index (χ2n) is 3.04. The zero-order chi connectivity index (χ0) is 10.0. The fourth-order valence-electron chi connectivity index (χ4n) is 1.33. The zero-order valence-electron chi connectivity index (χ0n) is 7.40. The summed E-state index contributed by atoms with van der Waals surface area (Å²) in [6.07, 6.45) is 2.74. The summed E-state index contributed by atoms with van der Waals surface area (Å²) in [4.78, 5) is 11.1. The molecule has 1 atom stereocenters. The van der Waals surface area contributed by atoms with Crippen LogP contribution in [0.15, 0.2) is 42.6 Å². The maximum absolute atomic E-state index is 11.1. The molecule has 0 spiro atoms. The molecule has 14 heavy (non-hydrogen) atoms. The van der Waals surface area contributed by atoms with Gasteiger partial charge in [-0.25, -0.2) is 0 Å². The highest BCUT2D eigenvalue weighted by molar-refractivity contribution is 5.88. The number of amides is 1. The van der Waals surface area contributed by atoms with Gasteiger partial charge in [-0.2, -0.15) is 0 Å². The maximum Gasteiger partial charge on any atom is 0.249 e. The predicted octanol–water partition coefficient (Wildman–Crippen LogP) is 0.0223. The monoisotopic (exact) mass is 190 g/mol. The number of benzene rings is 1. The van der Waals surface area contributed by atoms with Gasteiger partial charge in [0.1, 0.15) is 0 Å². The van der Waals surface area contributed by atoms with E-state index in [9.17, 15) is 9.90 Å². The van der Waals surface area contributed by atoms with Crippen molar-refractivity contribution in [1.29, 1.82) is 0 Å². The van der Waals surface area contributed by atoms with E-state index in [4.69, 9.17) is 0 Å². The van der Waals surface area contributed by atoms with Crippen LogP contribution >= 0.6 is 0 Å². The lowest BCUT2D eigenvalue weighted by Crippen LogP contribution is -2.56. The molecule has 1 aliphatic heterocycles. The minimum atomic E-state index is -1.49. The standard InChI is InChI=1S/C10H10N2O2/c13-9-6-7-11-10(14,12-9)8-4-2-1-3-5-8/h1-7,11,14H,(H,12,13)/t10-/m0/s1. The summed E-state index contributed by atoms with van der Waals surface area (Å²) in [5.74, 6) is -1.82. The van der Waals surface area contributed by atoms with Crippen LogP contribution in [0.1, 0.15) is 5.56 Å². The Labute approximate surface area is 81.3 Å². The molecule has 0 saturated heterocycles. The molecule has 1 amide bonds. The summed E-state index contributed by atoms with van der Waals surface area (Å²) in [5.41, 5.74) is 0.595. The van der Waals surface area contributed by atoms with Gasteiger partial charge in [0.05, 0.1) is 0 Å². The van der Waals surface area contributed by atoms with Crippen LogP contribution in [0.25, 0.3) is 0 Å². The first-order valence-electron chi connectivity index (χ1n) is 4.25. The van der Waals surface area contributed by atoms with E-state index in [1.54, 1.807) is 24.3 Å². The Hall–Kier alpha value is -1.81. The molecule has 0 saturated carbocycles. The van der Waals surface area contributed by atoms with Crippen molar-refractivity contribution < 1.29 is 9.90 Å². The second-order valence-corrected chi connectivity index (χ2v) is 3.04. The lowest BCUT2D eigenvalue weighted by molar-refractivity contribution is -0.128. The van der Waals surface area contributed by atoms with Crippen molar-refractivity contribution in [3.63, 3.8) is 0 Å². The van der Waals surface area contributed by atoms with Crippen LogP contribution in [0.3, 0.4) is 0 Å². The van der Waals surface area contributed by atoms with Gasteiger partial charge in [0.25, 0.3) is 0 Å². The third-order valence-electron chi connectivity index (χ3n) is 2.02. The van der Waals surface area contributed by atoms with Crippen LogP contribution < -0.4 is 10.6 Å². The molecular formula is C10H10N2O2. The van der Waals surface area contributed by atoms with Gasteiger partial charge in [0, 0.05) is 17.8 Å². The van der Waals surface area contributed by atoms with E-state index in [1.165, 1.54) is 12.3 Å². The molecule has 4 nitrogen and oxygen atoms in total. The Morgan fingerprint density at radius 1 is 1.21 bits per heavy atom. The van der Waals surface area contributed by atoms with E-state index in [1.807, 2.05) is 6.07 Å². The van der Waals surface area contributed by atoms with Gasteiger partial charge in [-0.3, -0.25) is 4.79 Å². The highest BCUT2D eigenvalue weighted by Crippen LogP contribution is 2.16. The topological polar surface area (TPSA) is 61.4 Å². The average Bonchev–Trinajstić information content (AvgIpc) is 2.19. The van der Waals surface area contributed by atoms with Crippen LogP contribution in [0.2, 0.25) is 0 Å². The molecule has 1 heterocycles. The Morgan fingerprint density at radius 3 is 2.57 bits per heavy atom. The molecule has 1 aromatic carbocycles. The maximum atomic E-state index is 11.1. The van der Waals surface area contributed by atoms with E-state index >= 15 is 0 Å². The Bertz CT molecular complexity index is 375. The molecule has 2 rings (SSSR count). The number of hydrogen-bond acceptors (Lipinski definition) is 3. The first-order valence-corrected chi connectivity index (χ1v) is 4.25. The molecule has 0 aliphatic carbocycles. The molecule has 3 N–H and O–H groups in total. The number of rotatable bonds is 1. The first-order chi connectivity index (χ1) is 6.71. The highest BCUT2D eigenvalue weighted by Gasteiger charge is 2.31. The largest absolute Gasteiger partial charge is 0.350 e. The average molecular weight is 190 g/mol. The van der Waals surface area contributed by atoms with Gasteiger partial charge < -0.3 is 15.7 Å². The molecule has 0 unspecified atom stereocenters. The van der Waals surface area contributed by atoms with E-state index in [0.29, 0.717) is 5.56 Å². The highest BCUT2D eigenvalue weighted by atomic mass is 16.3. The third-order valence-corrected chi connectivity index (χ3v) is 2.02. The van der Waals surface area contributed by atoms with E-state index in [0.717, 1.165) is 0 Å². The van der Waals surface area contributed by atoms with Crippen molar-refractivity contribution in [3.8, 4) is 0 Å². The minimum absolute atomic E-state index is 0.324. The molecule has 0 bridgehead atoms. The summed E-state index contributed by atoms with van der Waals surface area (Å²) in [6, 6.07) is 8.88. The van der Waals surface area contributed by atoms with Crippen molar-refractivity contribution >= 4 is 5.91 Å². The minimum Gasteiger partial charge on any atom is -0.350 e. The van der Waals surface area contributed by atoms with Crippen molar-refractivity contribution in [2.75, 3.05) is 0 Å². The van der Waals surface area contributed by atoms with Crippen LogP contribution in [0.5, 0.6) is 0 Å². The van der Waals surface area contributed by atoms with Crippen molar-refractivity contribution in [2.45, 2.75) is 5.85 Å². The van der Waals surface area contributed by atoms with Gasteiger partial charge in [0.2, 0.25) is 11.8 Å². The lowest BCUT2D eigenvalue weighted by atomic mass is 10.1. The Morgan fingerprint density at radius 2 is 1.93 bits per heavy atom. The fraction of sp³-hybridized carbons (Fsp3) is 0.100. The van der Waals surface area contributed by atoms with Gasteiger partial charge in [-0.05, 0) is 0 Å².